The molecule has 1 unspecified atom stereocenters. The molecule has 0 spiro atoms. The van der Waals surface area contributed by atoms with E-state index >= 15 is 4.39 Å². The zero-order valence-corrected chi connectivity index (χ0v) is 21.6. The number of morpholine rings is 1. The Labute approximate surface area is 215 Å². The Balaban J connectivity index is 1.75. The fraction of sp³-hybridized carbons (Fsp3) is 0.429. The van der Waals surface area contributed by atoms with E-state index in [1.807, 2.05) is 6.92 Å². The number of hydrogen-bond donors (Lipinski definition) is 1. The van der Waals surface area contributed by atoms with Crippen LogP contribution in [0.15, 0.2) is 47.4 Å². The average Bonchev–Trinajstić information content (AvgIpc) is 2.93. The predicted octanol–water partition coefficient (Wildman–Crippen LogP) is 3.61. The summed E-state index contributed by atoms with van der Waals surface area (Å²) < 4.78 is 33.4. The molecule has 0 bridgehead atoms. The molecule has 1 aliphatic heterocycles. The van der Waals surface area contributed by atoms with Crippen LogP contribution >= 0.6 is 0 Å². The first-order valence-corrected chi connectivity index (χ1v) is 12.7. The molecular weight excluding hydrogens is 477 g/mol. The first-order chi connectivity index (χ1) is 17.9. The Morgan fingerprint density at radius 3 is 2.57 bits per heavy atom. The molecule has 1 N–H and O–H groups in total. The summed E-state index contributed by atoms with van der Waals surface area (Å²) in [5.74, 6) is 0.112. The van der Waals surface area contributed by atoms with Crippen molar-refractivity contribution in [1.29, 1.82) is 0 Å². The summed E-state index contributed by atoms with van der Waals surface area (Å²) in [6, 6.07) is 8.99. The molecule has 1 atom stereocenters. The largest absolute Gasteiger partial charge is 0.497 e. The van der Waals surface area contributed by atoms with E-state index in [-0.39, 0.29) is 22.4 Å². The molecule has 1 fully saturated rings. The van der Waals surface area contributed by atoms with Crippen molar-refractivity contribution in [2.45, 2.75) is 26.3 Å². The van der Waals surface area contributed by atoms with Gasteiger partial charge in [-0.3, -0.25) is 14.5 Å². The number of amides is 1. The molecule has 1 aliphatic rings. The van der Waals surface area contributed by atoms with Crippen molar-refractivity contribution in [2.24, 2.45) is 0 Å². The highest BCUT2D eigenvalue weighted by Crippen LogP contribution is 2.32. The molecule has 198 valence electrons. The topological polar surface area (TPSA) is 82.0 Å². The lowest BCUT2D eigenvalue weighted by molar-refractivity contribution is -0.123. The van der Waals surface area contributed by atoms with E-state index in [0.717, 1.165) is 19.5 Å². The Morgan fingerprint density at radius 2 is 1.89 bits per heavy atom. The van der Waals surface area contributed by atoms with Gasteiger partial charge >= 0.3 is 0 Å². The van der Waals surface area contributed by atoms with Crippen LogP contribution in [-0.2, 0) is 9.53 Å². The van der Waals surface area contributed by atoms with Crippen molar-refractivity contribution in [3.63, 3.8) is 0 Å². The molecule has 8 nitrogen and oxygen atoms in total. The molecule has 1 aromatic heterocycles. The average molecular weight is 512 g/mol. The maximum absolute atomic E-state index is 15.2. The van der Waals surface area contributed by atoms with Gasteiger partial charge in [0, 0.05) is 37.9 Å². The molecule has 1 amide bonds. The third-order valence-electron chi connectivity index (χ3n) is 6.58. The van der Waals surface area contributed by atoms with E-state index in [0.29, 0.717) is 50.0 Å². The van der Waals surface area contributed by atoms with E-state index in [2.05, 4.69) is 10.2 Å². The zero-order chi connectivity index (χ0) is 26.4. The van der Waals surface area contributed by atoms with Crippen LogP contribution in [-0.4, -0.2) is 68.5 Å². The molecule has 2 heterocycles. The van der Waals surface area contributed by atoms with Crippen LogP contribution < -0.4 is 20.2 Å². The van der Waals surface area contributed by atoms with Crippen LogP contribution in [0.25, 0.3) is 22.0 Å². The molecule has 37 heavy (non-hydrogen) atoms. The van der Waals surface area contributed by atoms with Crippen molar-refractivity contribution < 1.29 is 23.4 Å². The van der Waals surface area contributed by atoms with Crippen LogP contribution in [0, 0.1) is 5.82 Å². The first kappa shape index (κ1) is 26.6. The van der Waals surface area contributed by atoms with Crippen molar-refractivity contribution in [3.8, 4) is 22.6 Å². The van der Waals surface area contributed by atoms with E-state index in [1.54, 1.807) is 49.1 Å². The van der Waals surface area contributed by atoms with Crippen LogP contribution in [0.3, 0.4) is 0 Å². The maximum atomic E-state index is 15.2. The number of nitrogens with zero attached hydrogens (tertiary/aromatic N) is 2. The number of halogens is 1. The van der Waals surface area contributed by atoms with Crippen LogP contribution in [0.4, 0.5) is 4.39 Å². The SMILES string of the molecule is CCCOc1ccc(F)c2c(=O)c(-c3ccc(OC)cc3)cn(C(C)C(=O)NCCN3CCOCC3)c12. The fourth-order valence-corrected chi connectivity index (χ4v) is 4.46. The summed E-state index contributed by atoms with van der Waals surface area (Å²) in [5.41, 5.74) is 0.692. The number of benzene rings is 2. The fourth-order valence-electron chi connectivity index (χ4n) is 4.46. The predicted molar refractivity (Wildman–Crippen MR) is 141 cm³/mol. The molecule has 9 heteroatoms. The smallest absolute Gasteiger partial charge is 0.242 e. The van der Waals surface area contributed by atoms with Gasteiger partial charge in [-0.25, -0.2) is 4.39 Å². The van der Waals surface area contributed by atoms with Crippen molar-refractivity contribution in [2.75, 3.05) is 53.1 Å². The van der Waals surface area contributed by atoms with Crippen molar-refractivity contribution >= 4 is 16.8 Å². The van der Waals surface area contributed by atoms with Gasteiger partial charge in [-0.2, -0.15) is 0 Å². The molecule has 4 rings (SSSR count). The summed E-state index contributed by atoms with van der Waals surface area (Å²) in [7, 11) is 1.56. The highest BCUT2D eigenvalue weighted by molar-refractivity contribution is 5.91. The lowest BCUT2D eigenvalue weighted by Crippen LogP contribution is -2.42. The standard InChI is InChI=1S/C28H34FN3O5/c1-4-15-37-24-10-9-23(29)25-26(24)32(18-22(27(25)33)20-5-7-21(35-3)8-6-20)19(2)28(34)30-11-12-31-13-16-36-17-14-31/h5-10,18-19H,4,11-17H2,1-3H3,(H,30,34). The monoisotopic (exact) mass is 511 g/mol. The lowest BCUT2D eigenvalue weighted by Gasteiger charge is -2.27. The van der Waals surface area contributed by atoms with E-state index in [4.69, 9.17) is 14.2 Å². The molecule has 0 aliphatic carbocycles. The number of carbonyl (C=O) groups excluding carboxylic acids is 1. The number of nitrogens with one attached hydrogen (secondary N) is 1. The Morgan fingerprint density at radius 1 is 1.16 bits per heavy atom. The summed E-state index contributed by atoms with van der Waals surface area (Å²) in [4.78, 5) is 29.0. The minimum Gasteiger partial charge on any atom is -0.497 e. The Hall–Kier alpha value is -3.43. The Bertz CT molecular complexity index is 1290. The Kier molecular flexibility index (Phi) is 8.78. The van der Waals surface area contributed by atoms with E-state index in [9.17, 15) is 9.59 Å². The number of hydrogen-bond acceptors (Lipinski definition) is 6. The van der Waals surface area contributed by atoms with Gasteiger partial charge in [0.25, 0.3) is 0 Å². The number of rotatable bonds is 10. The third-order valence-corrected chi connectivity index (χ3v) is 6.58. The van der Waals surface area contributed by atoms with Gasteiger partial charge in [0.15, 0.2) is 5.43 Å². The molecule has 1 saturated heterocycles. The number of fused-ring (bicyclic) bond motifs is 1. The number of carbonyl (C=O) groups is 1. The normalized spacial score (nSPS) is 14.9. The lowest BCUT2D eigenvalue weighted by atomic mass is 10.0. The summed E-state index contributed by atoms with van der Waals surface area (Å²) in [6.45, 7) is 8.32. The zero-order valence-electron chi connectivity index (χ0n) is 21.6. The van der Waals surface area contributed by atoms with Crippen molar-refractivity contribution in [1.82, 2.24) is 14.8 Å². The van der Waals surface area contributed by atoms with Crippen LogP contribution in [0.5, 0.6) is 11.5 Å². The highest BCUT2D eigenvalue weighted by Gasteiger charge is 2.24. The summed E-state index contributed by atoms with van der Waals surface area (Å²) >= 11 is 0. The summed E-state index contributed by atoms with van der Waals surface area (Å²) in [5, 5.41) is 2.89. The van der Waals surface area contributed by atoms with Gasteiger partial charge in [-0.05, 0) is 43.2 Å². The minimum atomic E-state index is -0.726. The van der Waals surface area contributed by atoms with Gasteiger partial charge in [0.05, 0.1) is 37.8 Å². The second kappa shape index (κ2) is 12.2. The quantitative estimate of drug-likeness (QED) is 0.448. The van der Waals surface area contributed by atoms with Crippen molar-refractivity contribution in [3.05, 3.63) is 58.6 Å². The molecule has 3 aromatic rings. The van der Waals surface area contributed by atoms with Gasteiger partial charge in [0.1, 0.15) is 23.4 Å². The minimum absolute atomic E-state index is 0.102. The van der Waals surface area contributed by atoms with Gasteiger partial charge in [0.2, 0.25) is 5.91 Å². The number of pyridine rings is 1. The van der Waals surface area contributed by atoms with Crippen LogP contribution in [0.2, 0.25) is 0 Å². The second-order valence-electron chi connectivity index (χ2n) is 9.05. The molecule has 0 saturated carbocycles. The number of methoxy groups -OCH3 is 1. The van der Waals surface area contributed by atoms with Crippen LogP contribution in [0.1, 0.15) is 26.3 Å². The van der Waals surface area contributed by atoms with Gasteiger partial charge < -0.3 is 24.1 Å². The molecule has 2 aromatic carbocycles. The third kappa shape index (κ3) is 5.94. The second-order valence-corrected chi connectivity index (χ2v) is 9.05. The number of aromatic nitrogens is 1. The van der Waals surface area contributed by atoms with E-state index in [1.165, 1.54) is 12.1 Å². The highest BCUT2D eigenvalue weighted by atomic mass is 19.1. The van der Waals surface area contributed by atoms with E-state index < -0.39 is 17.3 Å². The molecular formula is C28H34FN3O5. The molecule has 0 radical (unpaired) electrons. The maximum Gasteiger partial charge on any atom is 0.242 e. The van der Waals surface area contributed by atoms with Gasteiger partial charge in [-0.15, -0.1) is 0 Å². The summed E-state index contributed by atoms with van der Waals surface area (Å²) in [6.07, 6.45) is 2.36. The first-order valence-electron chi connectivity index (χ1n) is 12.7. The van der Waals surface area contributed by atoms with Gasteiger partial charge in [-0.1, -0.05) is 19.1 Å². The number of ether oxygens (including phenoxy) is 3.